The molecule has 1 aliphatic rings. The zero-order chi connectivity index (χ0) is 10.5. The molecular weight excluding hydrogens is 194 g/mol. The minimum atomic E-state index is -0.176. The number of piperidine rings is 1. The highest BCUT2D eigenvalue weighted by molar-refractivity contribution is 5.04. The van der Waals surface area contributed by atoms with Gasteiger partial charge in [0.05, 0.1) is 19.0 Å². The molecule has 1 saturated heterocycles. The third-order valence-corrected chi connectivity index (χ3v) is 2.58. The van der Waals surface area contributed by atoms with Gasteiger partial charge in [0, 0.05) is 0 Å². The van der Waals surface area contributed by atoms with E-state index in [0.717, 1.165) is 25.9 Å². The van der Waals surface area contributed by atoms with Crippen LogP contribution in [0, 0.1) is 5.92 Å². The largest absolute Gasteiger partial charge is 0.477 e. The number of aromatic nitrogens is 2. The van der Waals surface area contributed by atoms with Crippen molar-refractivity contribution in [2.45, 2.75) is 12.8 Å². The molecule has 0 radical (unpaired) electrons. The van der Waals surface area contributed by atoms with Crippen LogP contribution in [0.5, 0.6) is 5.88 Å². The highest BCUT2D eigenvalue weighted by Gasteiger charge is 2.13. The maximum atomic E-state index is 11.0. The molecule has 15 heavy (non-hydrogen) atoms. The lowest BCUT2D eigenvalue weighted by Gasteiger charge is -2.22. The maximum absolute atomic E-state index is 11.0. The Morgan fingerprint density at radius 2 is 2.27 bits per heavy atom. The first-order chi connectivity index (χ1) is 7.34. The van der Waals surface area contributed by atoms with Crippen molar-refractivity contribution in [1.29, 1.82) is 0 Å². The van der Waals surface area contributed by atoms with Crippen molar-refractivity contribution in [2.24, 2.45) is 5.92 Å². The molecule has 0 aromatic carbocycles. The first-order valence-electron chi connectivity index (χ1n) is 5.23. The van der Waals surface area contributed by atoms with Crippen LogP contribution in [0.25, 0.3) is 0 Å². The van der Waals surface area contributed by atoms with E-state index in [2.05, 4.69) is 15.3 Å². The van der Waals surface area contributed by atoms with Gasteiger partial charge in [0.15, 0.2) is 0 Å². The SMILES string of the molecule is O=c1cc(OCC2CCNCC2)nc[nH]1. The Kier molecular flexibility index (Phi) is 3.34. The predicted molar refractivity (Wildman–Crippen MR) is 55.9 cm³/mol. The number of rotatable bonds is 3. The summed E-state index contributed by atoms with van der Waals surface area (Å²) in [5.74, 6) is 0.990. The molecule has 2 N–H and O–H groups in total. The summed E-state index contributed by atoms with van der Waals surface area (Å²) >= 11 is 0. The second kappa shape index (κ2) is 4.93. The summed E-state index contributed by atoms with van der Waals surface area (Å²) in [4.78, 5) is 17.3. The molecule has 0 spiro atoms. The van der Waals surface area contributed by atoms with Crippen LogP contribution in [-0.2, 0) is 0 Å². The van der Waals surface area contributed by atoms with Gasteiger partial charge in [0.2, 0.25) is 5.88 Å². The number of ether oxygens (including phenoxy) is 1. The smallest absolute Gasteiger partial charge is 0.254 e. The summed E-state index contributed by atoms with van der Waals surface area (Å²) in [6, 6.07) is 1.38. The van der Waals surface area contributed by atoms with Crippen LogP contribution in [0.3, 0.4) is 0 Å². The van der Waals surface area contributed by atoms with Crippen LogP contribution in [-0.4, -0.2) is 29.7 Å². The molecule has 2 heterocycles. The van der Waals surface area contributed by atoms with Crippen molar-refractivity contribution in [3.8, 4) is 5.88 Å². The molecule has 5 nitrogen and oxygen atoms in total. The quantitative estimate of drug-likeness (QED) is 0.743. The van der Waals surface area contributed by atoms with Crippen molar-refractivity contribution < 1.29 is 4.74 Å². The van der Waals surface area contributed by atoms with Crippen LogP contribution >= 0.6 is 0 Å². The van der Waals surface area contributed by atoms with Crippen molar-refractivity contribution in [3.05, 3.63) is 22.7 Å². The molecule has 0 atom stereocenters. The molecule has 0 amide bonds. The monoisotopic (exact) mass is 209 g/mol. The molecule has 0 bridgehead atoms. The van der Waals surface area contributed by atoms with Gasteiger partial charge in [-0.3, -0.25) is 4.79 Å². The average molecular weight is 209 g/mol. The topological polar surface area (TPSA) is 67.0 Å². The van der Waals surface area contributed by atoms with E-state index in [0.29, 0.717) is 18.4 Å². The molecule has 1 aliphatic heterocycles. The van der Waals surface area contributed by atoms with Gasteiger partial charge in [-0.2, -0.15) is 0 Å². The lowest BCUT2D eigenvalue weighted by atomic mass is 9.99. The Morgan fingerprint density at radius 1 is 1.47 bits per heavy atom. The van der Waals surface area contributed by atoms with Gasteiger partial charge in [-0.1, -0.05) is 0 Å². The Morgan fingerprint density at radius 3 is 3.00 bits per heavy atom. The summed E-state index contributed by atoms with van der Waals surface area (Å²) in [5, 5.41) is 3.30. The summed E-state index contributed by atoms with van der Waals surface area (Å²) in [5.41, 5.74) is -0.176. The van der Waals surface area contributed by atoms with Gasteiger partial charge in [-0.15, -0.1) is 0 Å². The number of nitrogens with zero attached hydrogens (tertiary/aromatic N) is 1. The number of aromatic amines is 1. The predicted octanol–water partition coefficient (Wildman–Crippen LogP) is 0.148. The number of hydrogen-bond acceptors (Lipinski definition) is 4. The molecule has 1 aromatic heterocycles. The fourth-order valence-corrected chi connectivity index (χ4v) is 1.68. The van der Waals surface area contributed by atoms with Crippen LogP contribution < -0.4 is 15.6 Å². The van der Waals surface area contributed by atoms with Gasteiger partial charge in [0.25, 0.3) is 5.56 Å². The minimum absolute atomic E-state index is 0.176. The standard InChI is InChI=1S/C10H15N3O2/c14-9-5-10(13-7-12-9)15-6-8-1-3-11-4-2-8/h5,7-8,11H,1-4,6H2,(H,12,13,14). The third kappa shape index (κ3) is 3.06. The lowest BCUT2D eigenvalue weighted by molar-refractivity contribution is 0.208. The lowest BCUT2D eigenvalue weighted by Crippen LogP contribution is -2.30. The molecule has 2 rings (SSSR count). The van der Waals surface area contributed by atoms with Gasteiger partial charge < -0.3 is 15.0 Å². The summed E-state index contributed by atoms with van der Waals surface area (Å²) in [6.45, 7) is 2.76. The molecule has 1 fully saturated rings. The van der Waals surface area contributed by atoms with E-state index in [4.69, 9.17) is 4.74 Å². The average Bonchev–Trinajstić information content (AvgIpc) is 2.28. The van der Waals surface area contributed by atoms with E-state index in [9.17, 15) is 4.79 Å². The van der Waals surface area contributed by atoms with E-state index in [1.165, 1.54) is 12.4 Å². The molecular formula is C10H15N3O2. The van der Waals surface area contributed by atoms with Crippen molar-refractivity contribution in [1.82, 2.24) is 15.3 Å². The van der Waals surface area contributed by atoms with Crippen LogP contribution in [0.1, 0.15) is 12.8 Å². The molecule has 5 heteroatoms. The number of H-pyrrole nitrogens is 1. The fraction of sp³-hybridized carbons (Fsp3) is 0.600. The molecule has 82 valence electrons. The molecule has 0 saturated carbocycles. The number of hydrogen-bond donors (Lipinski definition) is 2. The third-order valence-electron chi connectivity index (χ3n) is 2.58. The second-order valence-electron chi connectivity index (χ2n) is 3.75. The summed E-state index contributed by atoms with van der Waals surface area (Å²) in [6.07, 6.45) is 3.62. The highest BCUT2D eigenvalue weighted by Crippen LogP contribution is 2.12. The van der Waals surface area contributed by atoms with Crippen molar-refractivity contribution in [3.63, 3.8) is 0 Å². The van der Waals surface area contributed by atoms with Crippen LogP contribution in [0.4, 0.5) is 0 Å². The normalized spacial score (nSPS) is 17.6. The Labute approximate surface area is 87.9 Å². The number of nitrogens with one attached hydrogen (secondary N) is 2. The summed E-state index contributed by atoms with van der Waals surface area (Å²) in [7, 11) is 0. The van der Waals surface area contributed by atoms with Gasteiger partial charge in [0.1, 0.15) is 0 Å². The second-order valence-corrected chi connectivity index (χ2v) is 3.75. The fourth-order valence-electron chi connectivity index (χ4n) is 1.68. The Balaban J connectivity index is 1.84. The first-order valence-corrected chi connectivity index (χ1v) is 5.23. The maximum Gasteiger partial charge on any atom is 0.254 e. The van der Waals surface area contributed by atoms with Crippen LogP contribution in [0.2, 0.25) is 0 Å². The zero-order valence-electron chi connectivity index (χ0n) is 8.53. The molecule has 0 aliphatic carbocycles. The van der Waals surface area contributed by atoms with Crippen LogP contribution in [0.15, 0.2) is 17.2 Å². The molecule has 0 unspecified atom stereocenters. The van der Waals surface area contributed by atoms with E-state index in [-0.39, 0.29) is 5.56 Å². The van der Waals surface area contributed by atoms with E-state index >= 15 is 0 Å². The zero-order valence-corrected chi connectivity index (χ0v) is 8.53. The Hall–Kier alpha value is -1.36. The van der Waals surface area contributed by atoms with E-state index < -0.39 is 0 Å². The van der Waals surface area contributed by atoms with Crippen molar-refractivity contribution >= 4 is 0 Å². The first kappa shape index (κ1) is 10.2. The summed E-state index contributed by atoms with van der Waals surface area (Å²) < 4.78 is 5.47. The van der Waals surface area contributed by atoms with Gasteiger partial charge in [-0.25, -0.2) is 4.98 Å². The Bertz CT molecular complexity index is 358. The van der Waals surface area contributed by atoms with Gasteiger partial charge in [-0.05, 0) is 31.8 Å². The van der Waals surface area contributed by atoms with E-state index in [1.54, 1.807) is 0 Å². The molecule has 1 aromatic rings. The minimum Gasteiger partial charge on any atom is -0.477 e. The van der Waals surface area contributed by atoms with E-state index in [1.807, 2.05) is 0 Å². The van der Waals surface area contributed by atoms with Crippen molar-refractivity contribution in [2.75, 3.05) is 19.7 Å². The highest BCUT2D eigenvalue weighted by atomic mass is 16.5. The van der Waals surface area contributed by atoms with Gasteiger partial charge >= 0.3 is 0 Å².